The summed E-state index contributed by atoms with van der Waals surface area (Å²) in [6, 6.07) is 21.7. The Balaban J connectivity index is 1.38. The number of allylic oxidation sites excluding steroid dienone is 1. The first-order valence-corrected chi connectivity index (χ1v) is 11.3. The Kier molecular flexibility index (Phi) is 7.09. The van der Waals surface area contributed by atoms with Crippen LogP contribution < -0.4 is 9.47 Å². The van der Waals surface area contributed by atoms with E-state index in [2.05, 4.69) is 22.8 Å². The second kappa shape index (κ2) is 10.3. The van der Waals surface area contributed by atoms with Gasteiger partial charge in [0.1, 0.15) is 18.1 Å². The van der Waals surface area contributed by atoms with E-state index in [1.807, 2.05) is 65.2 Å². The van der Waals surface area contributed by atoms with E-state index in [1.54, 1.807) is 13.2 Å². The SMILES string of the molecule is C=CCn1c(SCC(O)COc2ccc3ccccc3c2)nnc1-c1ccc(OC)cc1. The molecule has 4 rings (SSSR count). The Bertz CT molecular complexity index is 1190. The number of thioether (sulfide) groups is 1. The molecule has 3 aromatic carbocycles. The van der Waals surface area contributed by atoms with Gasteiger partial charge in [-0.05, 0) is 47.2 Å². The lowest BCUT2D eigenvalue weighted by atomic mass is 10.1. The molecule has 1 aromatic heterocycles. The maximum atomic E-state index is 10.5. The molecule has 0 spiro atoms. The maximum Gasteiger partial charge on any atom is 0.191 e. The van der Waals surface area contributed by atoms with Crippen molar-refractivity contribution in [2.24, 2.45) is 0 Å². The van der Waals surface area contributed by atoms with Crippen molar-refractivity contribution in [2.75, 3.05) is 19.5 Å². The van der Waals surface area contributed by atoms with E-state index in [-0.39, 0.29) is 6.61 Å². The summed E-state index contributed by atoms with van der Waals surface area (Å²) >= 11 is 1.44. The van der Waals surface area contributed by atoms with Crippen LogP contribution in [-0.2, 0) is 6.54 Å². The number of aliphatic hydroxyl groups excluding tert-OH is 1. The first kappa shape index (κ1) is 21.9. The Morgan fingerprint density at radius 3 is 2.53 bits per heavy atom. The largest absolute Gasteiger partial charge is 0.497 e. The van der Waals surface area contributed by atoms with Crippen LogP contribution in [0.4, 0.5) is 0 Å². The van der Waals surface area contributed by atoms with Crippen molar-refractivity contribution in [3.05, 3.63) is 79.4 Å². The Morgan fingerprint density at radius 2 is 1.78 bits per heavy atom. The molecule has 32 heavy (non-hydrogen) atoms. The number of methoxy groups -OCH3 is 1. The Hall–Kier alpha value is -3.29. The zero-order valence-corrected chi connectivity index (χ0v) is 18.7. The van der Waals surface area contributed by atoms with Gasteiger partial charge in [-0.3, -0.25) is 4.57 Å². The summed E-state index contributed by atoms with van der Waals surface area (Å²) in [4.78, 5) is 0. The zero-order chi connectivity index (χ0) is 22.3. The van der Waals surface area contributed by atoms with Crippen LogP contribution >= 0.6 is 11.8 Å². The number of aromatic nitrogens is 3. The zero-order valence-electron chi connectivity index (χ0n) is 17.8. The molecular formula is C25H25N3O3S. The first-order chi connectivity index (χ1) is 15.7. The first-order valence-electron chi connectivity index (χ1n) is 10.3. The minimum Gasteiger partial charge on any atom is -0.497 e. The topological polar surface area (TPSA) is 69.4 Å². The van der Waals surface area contributed by atoms with Crippen LogP contribution in [0.1, 0.15) is 0 Å². The van der Waals surface area contributed by atoms with E-state index in [1.165, 1.54) is 11.8 Å². The number of rotatable bonds is 10. The van der Waals surface area contributed by atoms with Gasteiger partial charge in [0.15, 0.2) is 11.0 Å². The number of hydrogen-bond donors (Lipinski definition) is 1. The van der Waals surface area contributed by atoms with E-state index in [9.17, 15) is 5.11 Å². The predicted molar refractivity (Wildman–Crippen MR) is 128 cm³/mol. The smallest absolute Gasteiger partial charge is 0.191 e. The summed E-state index contributed by atoms with van der Waals surface area (Å²) < 4.78 is 13.0. The summed E-state index contributed by atoms with van der Waals surface area (Å²) in [6.07, 6.45) is 1.16. The van der Waals surface area contributed by atoms with Gasteiger partial charge in [-0.15, -0.1) is 16.8 Å². The minimum atomic E-state index is -0.648. The minimum absolute atomic E-state index is 0.201. The van der Waals surface area contributed by atoms with Crippen LogP contribution in [0.5, 0.6) is 11.5 Å². The molecule has 1 N–H and O–H groups in total. The molecule has 0 fully saturated rings. The summed E-state index contributed by atoms with van der Waals surface area (Å²) in [5.41, 5.74) is 0.937. The number of fused-ring (bicyclic) bond motifs is 1. The van der Waals surface area contributed by atoms with Crippen molar-refractivity contribution in [3.8, 4) is 22.9 Å². The molecule has 0 aliphatic carbocycles. The van der Waals surface area contributed by atoms with Crippen LogP contribution in [-0.4, -0.2) is 45.4 Å². The van der Waals surface area contributed by atoms with Crippen LogP contribution in [0.3, 0.4) is 0 Å². The van der Waals surface area contributed by atoms with Gasteiger partial charge in [-0.1, -0.05) is 48.2 Å². The predicted octanol–water partition coefficient (Wildman–Crippen LogP) is 4.82. The van der Waals surface area contributed by atoms with Crippen molar-refractivity contribution in [1.29, 1.82) is 0 Å². The Morgan fingerprint density at radius 1 is 1.03 bits per heavy atom. The normalized spacial score (nSPS) is 11.9. The third-order valence-electron chi connectivity index (χ3n) is 4.94. The van der Waals surface area contributed by atoms with Crippen molar-refractivity contribution in [1.82, 2.24) is 14.8 Å². The molecule has 7 heteroatoms. The van der Waals surface area contributed by atoms with Crippen LogP contribution in [0.25, 0.3) is 22.2 Å². The van der Waals surface area contributed by atoms with Crippen LogP contribution in [0, 0.1) is 0 Å². The molecule has 1 atom stereocenters. The van der Waals surface area contributed by atoms with Gasteiger partial charge in [-0.25, -0.2) is 0 Å². The molecule has 1 heterocycles. The average molecular weight is 448 g/mol. The van der Waals surface area contributed by atoms with Crippen molar-refractivity contribution >= 4 is 22.5 Å². The van der Waals surface area contributed by atoms with Gasteiger partial charge in [0.2, 0.25) is 0 Å². The number of nitrogens with zero attached hydrogens (tertiary/aromatic N) is 3. The number of ether oxygens (including phenoxy) is 2. The molecule has 0 aliphatic heterocycles. The summed E-state index contributed by atoms with van der Waals surface area (Å²) in [6.45, 7) is 4.61. The molecule has 0 bridgehead atoms. The van der Waals surface area contributed by atoms with Crippen molar-refractivity contribution < 1.29 is 14.6 Å². The maximum absolute atomic E-state index is 10.5. The molecule has 0 amide bonds. The monoisotopic (exact) mass is 447 g/mol. The fraction of sp³-hybridized carbons (Fsp3) is 0.200. The molecule has 4 aromatic rings. The number of benzene rings is 3. The second-order valence-corrected chi connectivity index (χ2v) is 8.21. The van der Waals surface area contributed by atoms with Gasteiger partial charge >= 0.3 is 0 Å². The lowest BCUT2D eigenvalue weighted by molar-refractivity contribution is 0.126. The van der Waals surface area contributed by atoms with Crippen molar-refractivity contribution in [2.45, 2.75) is 17.8 Å². The molecular weight excluding hydrogens is 422 g/mol. The fourth-order valence-corrected chi connectivity index (χ4v) is 4.16. The standard InChI is InChI=1S/C25H25N3O3S/c1-3-14-28-24(19-9-11-22(30-2)12-10-19)26-27-25(28)32-17-21(29)16-31-23-13-8-18-6-4-5-7-20(18)15-23/h3-13,15,21,29H,1,14,16-17H2,2H3. The molecule has 0 aliphatic rings. The number of hydrogen-bond acceptors (Lipinski definition) is 6. The summed E-state index contributed by atoms with van der Waals surface area (Å²) in [5, 5.41) is 22.1. The van der Waals surface area contributed by atoms with Crippen LogP contribution in [0.15, 0.2) is 84.5 Å². The highest BCUT2D eigenvalue weighted by molar-refractivity contribution is 7.99. The van der Waals surface area contributed by atoms with Gasteiger partial charge in [-0.2, -0.15) is 0 Å². The highest BCUT2D eigenvalue weighted by atomic mass is 32.2. The Labute approximate surface area is 191 Å². The molecule has 164 valence electrons. The third-order valence-corrected chi connectivity index (χ3v) is 6.06. The quantitative estimate of drug-likeness (QED) is 0.278. The highest BCUT2D eigenvalue weighted by Crippen LogP contribution is 2.26. The van der Waals surface area contributed by atoms with E-state index in [4.69, 9.17) is 9.47 Å². The average Bonchev–Trinajstić information content (AvgIpc) is 3.24. The van der Waals surface area contributed by atoms with E-state index >= 15 is 0 Å². The lowest BCUT2D eigenvalue weighted by Gasteiger charge is -2.13. The molecule has 0 saturated heterocycles. The molecule has 1 unspecified atom stereocenters. The van der Waals surface area contributed by atoms with E-state index < -0.39 is 6.10 Å². The van der Waals surface area contributed by atoms with Crippen molar-refractivity contribution in [3.63, 3.8) is 0 Å². The lowest BCUT2D eigenvalue weighted by Crippen LogP contribution is -2.20. The summed E-state index contributed by atoms with van der Waals surface area (Å²) in [7, 11) is 1.64. The highest BCUT2D eigenvalue weighted by Gasteiger charge is 2.16. The summed E-state index contributed by atoms with van der Waals surface area (Å²) in [5.74, 6) is 2.71. The van der Waals surface area contributed by atoms with Crippen LogP contribution in [0.2, 0.25) is 0 Å². The van der Waals surface area contributed by atoms with E-state index in [0.717, 1.165) is 38.8 Å². The fourth-order valence-electron chi connectivity index (χ4n) is 3.31. The van der Waals surface area contributed by atoms with Gasteiger partial charge in [0, 0.05) is 17.9 Å². The van der Waals surface area contributed by atoms with Gasteiger partial charge in [0.05, 0.1) is 13.2 Å². The third kappa shape index (κ3) is 5.12. The molecule has 0 saturated carbocycles. The second-order valence-electron chi connectivity index (χ2n) is 7.22. The van der Waals surface area contributed by atoms with E-state index in [0.29, 0.717) is 12.3 Å². The molecule has 0 radical (unpaired) electrons. The number of aliphatic hydroxyl groups is 1. The van der Waals surface area contributed by atoms with Gasteiger partial charge in [0.25, 0.3) is 0 Å². The molecule has 6 nitrogen and oxygen atoms in total. The van der Waals surface area contributed by atoms with Gasteiger partial charge < -0.3 is 14.6 Å².